The Hall–Kier alpha value is -0.790. The summed E-state index contributed by atoms with van der Waals surface area (Å²) in [4.78, 5) is 3.79. The molecule has 0 unspecified atom stereocenters. The second kappa shape index (κ2) is 3.24. The number of nitrogens with zero attached hydrogens (tertiary/aromatic N) is 1. The summed E-state index contributed by atoms with van der Waals surface area (Å²) in [5, 5.41) is 0. The van der Waals surface area contributed by atoms with Gasteiger partial charge in [-0.25, -0.2) is 0 Å². The minimum Gasteiger partial charge on any atom is -0.402 e. The van der Waals surface area contributed by atoms with E-state index in [1.807, 2.05) is 13.8 Å². The first kappa shape index (κ1) is 7.21. The van der Waals surface area contributed by atoms with E-state index in [0.29, 0.717) is 0 Å². The third kappa shape index (κ3) is 2.39. The maximum atomic E-state index is 5.41. The highest BCUT2D eigenvalue weighted by atomic mass is 14.6. The molecule has 46 valence electrons. The van der Waals surface area contributed by atoms with E-state index < -0.39 is 0 Å². The van der Waals surface area contributed by atoms with Crippen LogP contribution in [0.5, 0.6) is 0 Å². The van der Waals surface area contributed by atoms with Gasteiger partial charge in [-0.2, -0.15) is 0 Å². The molecular weight excluding hydrogens is 100 g/mol. The Morgan fingerprint density at radius 1 is 1.50 bits per heavy atom. The summed E-state index contributed by atoms with van der Waals surface area (Å²) in [5.74, 6) is 0. The molecule has 0 spiro atoms. The number of aliphatic imine (C=N–C) groups is 1. The number of rotatable bonds is 1. The molecule has 0 radical (unpaired) electrons. The lowest BCUT2D eigenvalue weighted by Crippen LogP contribution is -1.95. The van der Waals surface area contributed by atoms with Crippen LogP contribution < -0.4 is 5.73 Å². The second-order valence-corrected chi connectivity index (χ2v) is 1.75. The topological polar surface area (TPSA) is 38.4 Å². The average Bonchev–Trinajstić information content (AvgIpc) is 1.67. The molecule has 0 amide bonds. The van der Waals surface area contributed by atoms with E-state index in [4.69, 9.17) is 5.73 Å². The fourth-order valence-corrected chi connectivity index (χ4v) is 0.295. The summed E-state index contributed by atoms with van der Waals surface area (Å²) < 4.78 is 0. The van der Waals surface area contributed by atoms with Crippen LogP contribution in [-0.4, -0.2) is 13.3 Å². The van der Waals surface area contributed by atoms with Crippen LogP contribution in [0.25, 0.3) is 0 Å². The second-order valence-electron chi connectivity index (χ2n) is 1.75. The van der Waals surface area contributed by atoms with Crippen molar-refractivity contribution in [1.82, 2.24) is 0 Å². The standard InChI is InChI=1S/C6H12N2/c1-5(4-8-3)6(2)7/h4H,7H2,1-3H3/b6-5+,8-4?. The van der Waals surface area contributed by atoms with Gasteiger partial charge in [-0.3, -0.25) is 4.99 Å². The van der Waals surface area contributed by atoms with Crippen LogP contribution in [0, 0.1) is 0 Å². The molecule has 0 aromatic rings. The van der Waals surface area contributed by atoms with Gasteiger partial charge in [0.1, 0.15) is 0 Å². The zero-order valence-electron chi connectivity index (χ0n) is 5.60. The highest BCUT2D eigenvalue weighted by Crippen LogP contribution is 1.90. The molecular formula is C6H12N2. The lowest BCUT2D eigenvalue weighted by Gasteiger charge is -1.91. The fourth-order valence-electron chi connectivity index (χ4n) is 0.295. The van der Waals surface area contributed by atoms with E-state index in [0.717, 1.165) is 11.3 Å². The van der Waals surface area contributed by atoms with Crippen molar-refractivity contribution < 1.29 is 0 Å². The Kier molecular flexibility index (Phi) is 2.92. The first-order chi connectivity index (χ1) is 3.68. The molecule has 0 saturated carbocycles. The minimum absolute atomic E-state index is 0.829. The van der Waals surface area contributed by atoms with Gasteiger partial charge in [-0.05, 0) is 19.4 Å². The van der Waals surface area contributed by atoms with Crippen molar-refractivity contribution in [1.29, 1.82) is 0 Å². The van der Waals surface area contributed by atoms with Crippen LogP contribution >= 0.6 is 0 Å². The lowest BCUT2D eigenvalue weighted by atomic mass is 10.3. The summed E-state index contributed by atoms with van der Waals surface area (Å²) in [6, 6.07) is 0. The first-order valence-electron chi connectivity index (χ1n) is 2.53. The normalized spacial score (nSPS) is 14.4. The van der Waals surface area contributed by atoms with Crippen molar-refractivity contribution in [3.63, 3.8) is 0 Å². The van der Waals surface area contributed by atoms with Crippen molar-refractivity contribution in [3.05, 3.63) is 11.3 Å². The molecule has 0 aromatic carbocycles. The molecule has 0 atom stereocenters. The molecule has 0 fully saturated rings. The van der Waals surface area contributed by atoms with Crippen LogP contribution in [0.15, 0.2) is 16.3 Å². The molecule has 2 N–H and O–H groups in total. The zero-order valence-corrected chi connectivity index (χ0v) is 5.60. The van der Waals surface area contributed by atoms with Crippen molar-refractivity contribution >= 4 is 6.21 Å². The van der Waals surface area contributed by atoms with E-state index in [1.165, 1.54) is 0 Å². The quantitative estimate of drug-likeness (QED) is 0.504. The van der Waals surface area contributed by atoms with Crippen LogP contribution in [0.1, 0.15) is 13.8 Å². The molecule has 2 heteroatoms. The number of allylic oxidation sites excluding steroid dienone is 2. The summed E-state index contributed by atoms with van der Waals surface area (Å²) in [5.41, 5.74) is 7.27. The van der Waals surface area contributed by atoms with Crippen LogP contribution in [0.3, 0.4) is 0 Å². The van der Waals surface area contributed by atoms with Gasteiger partial charge >= 0.3 is 0 Å². The highest BCUT2D eigenvalue weighted by molar-refractivity contribution is 5.78. The van der Waals surface area contributed by atoms with Gasteiger partial charge in [0.2, 0.25) is 0 Å². The highest BCUT2D eigenvalue weighted by Gasteiger charge is 1.82. The largest absolute Gasteiger partial charge is 0.402 e. The summed E-state index contributed by atoms with van der Waals surface area (Å²) in [7, 11) is 1.73. The lowest BCUT2D eigenvalue weighted by molar-refractivity contribution is 1.26. The Bertz CT molecular complexity index is 118. The van der Waals surface area contributed by atoms with Crippen molar-refractivity contribution in [2.45, 2.75) is 13.8 Å². The van der Waals surface area contributed by atoms with Crippen LogP contribution in [-0.2, 0) is 0 Å². The average molecular weight is 112 g/mol. The van der Waals surface area contributed by atoms with E-state index in [2.05, 4.69) is 4.99 Å². The van der Waals surface area contributed by atoms with E-state index >= 15 is 0 Å². The Morgan fingerprint density at radius 3 is 2.12 bits per heavy atom. The van der Waals surface area contributed by atoms with Crippen LogP contribution in [0.4, 0.5) is 0 Å². The first-order valence-corrected chi connectivity index (χ1v) is 2.53. The molecule has 0 aliphatic carbocycles. The van der Waals surface area contributed by atoms with Gasteiger partial charge in [0.05, 0.1) is 0 Å². The van der Waals surface area contributed by atoms with Gasteiger partial charge < -0.3 is 5.73 Å². The molecule has 8 heavy (non-hydrogen) atoms. The fraction of sp³-hybridized carbons (Fsp3) is 0.500. The third-order valence-corrected chi connectivity index (χ3v) is 0.945. The predicted molar refractivity (Wildman–Crippen MR) is 37.0 cm³/mol. The Labute approximate surface area is 50.1 Å². The molecule has 0 aromatic heterocycles. The molecule has 0 aliphatic rings. The summed E-state index contributed by atoms with van der Waals surface area (Å²) in [6.07, 6.45) is 1.75. The predicted octanol–water partition coefficient (Wildman–Crippen LogP) is 0.940. The van der Waals surface area contributed by atoms with E-state index in [1.54, 1.807) is 13.3 Å². The van der Waals surface area contributed by atoms with E-state index in [9.17, 15) is 0 Å². The van der Waals surface area contributed by atoms with Gasteiger partial charge in [0.25, 0.3) is 0 Å². The monoisotopic (exact) mass is 112 g/mol. The van der Waals surface area contributed by atoms with Gasteiger partial charge in [0.15, 0.2) is 0 Å². The maximum absolute atomic E-state index is 5.41. The van der Waals surface area contributed by atoms with Crippen molar-refractivity contribution in [2.75, 3.05) is 7.05 Å². The summed E-state index contributed by atoms with van der Waals surface area (Å²) >= 11 is 0. The summed E-state index contributed by atoms with van der Waals surface area (Å²) in [6.45, 7) is 3.79. The molecule has 0 aliphatic heterocycles. The maximum Gasteiger partial charge on any atom is 0.0277 e. The van der Waals surface area contributed by atoms with Crippen molar-refractivity contribution in [2.24, 2.45) is 10.7 Å². The Morgan fingerprint density at radius 2 is 2.00 bits per heavy atom. The third-order valence-electron chi connectivity index (χ3n) is 0.945. The number of nitrogens with two attached hydrogens (primary N) is 1. The number of hydrogen-bond donors (Lipinski definition) is 1. The van der Waals surface area contributed by atoms with Crippen molar-refractivity contribution in [3.8, 4) is 0 Å². The SMILES string of the molecule is CN=C/C(C)=C(\C)N. The van der Waals surface area contributed by atoms with Gasteiger partial charge in [-0.1, -0.05) is 0 Å². The molecule has 2 nitrogen and oxygen atoms in total. The minimum atomic E-state index is 0.829. The molecule has 0 bridgehead atoms. The zero-order chi connectivity index (χ0) is 6.57. The number of hydrogen-bond acceptors (Lipinski definition) is 2. The van der Waals surface area contributed by atoms with Gasteiger partial charge in [0, 0.05) is 19.0 Å². The molecule has 0 heterocycles. The van der Waals surface area contributed by atoms with Crippen LogP contribution in [0.2, 0.25) is 0 Å². The van der Waals surface area contributed by atoms with Gasteiger partial charge in [-0.15, -0.1) is 0 Å². The molecule has 0 rings (SSSR count). The van der Waals surface area contributed by atoms with E-state index in [-0.39, 0.29) is 0 Å². The Balaban J connectivity index is 4.00. The smallest absolute Gasteiger partial charge is 0.0277 e. The molecule has 0 saturated heterocycles.